The van der Waals surface area contributed by atoms with E-state index in [1.165, 1.54) is 0 Å². The lowest BCUT2D eigenvalue weighted by molar-refractivity contribution is -0.121. The van der Waals surface area contributed by atoms with Gasteiger partial charge < -0.3 is 15.8 Å². The zero-order valence-electron chi connectivity index (χ0n) is 11.9. The predicted octanol–water partition coefficient (Wildman–Crippen LogP) is 0.767. The second-order valence-corrected chi connectivity index (χ2v) is 4.94. The predicted molar refractivity (Wildman–Crippen MR) is 84.0 cm³/mol. The average Bonchev–Trinajstić information content (AvgIpc) is 2.43. The zero-order valence-corrected chi connectivity index (χ0v) is 12.7. The summed E-state index contributed by atoms with van der Waals surface area (Å²) < 4.78 is 5.64. The molecule has 20 heavy (non-hydrogen) atoms. The van der Waals surface area contributed by atoms with Gasteiger partial charge >= 0.3 is 0 Å². The Balaban J connectivity index is 2.29. The van der Waals surface area contributed by atoms with Gasteiger partial charge in [0, 0.05) is 19.2 Å². The number of nitrogens with one attached hydrogen (secondary N) is 1. The fourth-order valence-electron chi connectivity index (χ4n) is 1.67. The van der Waals surface area contributed by atoms with Crippen LogP contribution < -0.4 is 15.8 Å². The van der Waals surface area contributed by atoms with Crippen molar-refractivity contribution in [1.29, 1.82) is 0 Å². The van der Waals surface area contributed by atoms with E-state index in [1.807, 2.05) is 36.2 Å². The Morgan fingerprint density at radius 2 is 2.25 bits per heavy atom. The maximum Gasteiger partial charge on any atom is 0.233 e. The Morgan fingerprint density at radius 1 is 1.50 bits per heavy atom. The molecule has 0 aliphatic carbocycles. The number of nitrogens with two attached hydrogens (primary N) is 1. The van der Waals surface area contributed by atoms with Gasteiger partial charge in [-0.05, 0) is 25.6 Å². The number of nitrogens with zero attached hydrogens (tertiary/aromatic N) is 1. The number of benzene rings is 1. The van der Waals surface area contributed by atoms with Crippen LogP contribution in [0.25, 0.3) is 0 Å². The molecular formula is C14H21N3O2S. The van der Waals surface area contributed by atoms with Crippen LogP contribution in [0.4, 0.5) is 0 Å². The second kappa shape index (κ2) is 8.50. The van der Waals surface area contributed by atoms with Gasteiger partial charge in [-0.3, -0.25) is 9.69 Å². The van der Waals surface area contributed by atoms with Crippen LogP contribution in [-0.2, 0) is 4.79 Å². The number of rotatable bonds is 8. The highest BCUT2D eigenvalue weighted by Crippen LogP contribution is 2.13. The minimum atomic E-state index is 0.0116. The van der Waals surface area contributed by atoms with Gasteiger partial charge in [-0.2, -0.15) is 0 Å². The normalized spacial score (nSPS) is 10.3. The first-order valence-corrected chi connectivity index (χ1v) is 6.85. The first-order chi connectivity index (χ1) is 9.52. The molecule has 0 radical (unpaired) electrons. The quantitative estimate of drug-likeness (QED) is 0.548. The summed E-state index contributed by atoms with van der Waals surface area (Å²) in [5.74, 6) is 0.766. The lowest BCUT2D eigenvalue weighted by Crippen LogP contribution is -2.33. The Labute approximate surface area is 125 Å². The van der Waals surface area contributed by atoms with E-state index in [-0.39, 0.29) is 5.91 Å². The molecule has 5 nitrogen and oxygen atoms in total. The second-order valence-electron chi connectivity index (χ2n) is 4.51. The molecule has 110 valence electrons. The van der Waals surface area contributed by atoms with Gasteiger partial charge in [0.05, 0.1) is 13.2 Å². The van der Waals surface area contributed by atoms with Crippen LogP contribution in [0.5, 0.6) is 5.75 Å². The van der Waals surface area contributed by atoms with Crippen LogP contribution in [0.15, 0.2) is 24.3 Å². The standard InChI is InChI=1S/C14H21N3O2S/c1-16-13(18)10-17(2)7-4-8-19-12-6-3-5-11(9-12)14(15)20/h3,5-6,9H,4,7-8,10H2,1-2H3,(H2,15,20)(H,16,18). The van der Waals surface area contributed by atoms with Crippen molar-refractivity contribution in [2.75, 3.05) is 33.8 Å². The fraction of sp³-hybridized carbons (Fsp3) is 0.429. The highest BCUT2D eigenvalue weighted by Gasteiger charge is 2.04. The Hall–Kier alpha value is -1.66. The van der Waals surface area contributed by atoms with Crippen LogP contribution >= 0.6 is 12.2 Å². The molecule has 0 bridgehead atoms. The summed E-state index contributed by atoms with van der Waals surface area (Å²) in [5, 5.41) is 2.59. The Kier molecular flexibility index (Phi) is 6.97. The summed E-state index contributed by atoms with van der Waals surface area (Å²) in [6.45, 7) is 1.77. The molecule has 1 aromatic rings. The molecule has 0 atom stereocenters. The van der Waals surface area contributed by atoms with Crippen LogP contribution in [0.2, 0.25) is 0 Å². The molecule has 1 aromatic carbocycles. The van der Waals surface area contributed by atoms with Gasteiger partial charge in [-0.1, -0.05) is 24.4 Å². The highest BCUT2D eigenvalue weighted by molar-refractivity contribution is 7.80. The molecule has 0 aliphatic rings. The molecule has 0 spiro atoms. The number of ether oxygens (including phenoxy) is 1. The fourth-order valence-corrected chi connectivity index (χ4v) is 1.79. The maximum absolute atomic E-state index is 11.2. The first kappa shape index (κ1) is 16.4. The lowest BCUT2D eigenvalue weighted by Gasteiger charge is -2.15. The third-order valence-corrected chi connectivity index (χ3v) is 3.00. The Morgan fingerprint density at radius 3 is 2.90 bits per heavy atom. The molecule has 0 aliphatic heterocycles. The highest BCUT2D eigenvalue weighted by atomic mass is 32.1. The van der Waals surface area contributed by atoms with E-state index in [2.05, 4.69) is 5.32 Å². The summed E-state index contributed by atoms with van der Waals surface area (Å²) in [6.07, 6.45) is 0.838. The molecule has 3 N–H and O–H groups in total. The van der Waals surface area contributed by atoms with Crippen molar-refractivity contribution in [3.05, 3.63) is 29.8 Å². The topological polar surface area (TPSA) is 67.6 Å². The number of likely N-dealkylation sites (N-methyl/N-ethyl adjacent to an activating group) is 2. The van der Waals surface area contributed by atoms with Crippen molar-refractivity contribution >= 4 is 23.1 Å². The summed E-state index contributed by atoms with van der Waals surface area (Å²) in [4.78, 5) is 13.5. The van der Waals surface area contributed by atoms with Gasteiger partial charge in [-0.15, -0.1) is 0 Å². The van der Waals surface area contributed by atoms with E-state index in [0.29, 0.717) is 18.1 Å². The molecule has 0 aromatic heterocycles. The Bertz CT molecular complexity index is 465. The smallest absolute Gasteiger partial charge is 0.233 e. The van der Waals surface area contributed by atoms with Gasteiger partial charge in [0.2, 0.25) is 5.91 Å². The largest absolute Gasteiger partial charge is 0.494 e. The van der Waals surface area contributed by atoms with Crippen molar-refractivity contribution in [2.45, 2.75) is 6.42 Å². The summed E-state index contributed by atoms with van der Waals surface area (Å²) in [6, 6.07) is 7.42. The molecule has 0 heterocycles. The molecule has 1 amide bonds. The molecule has 0 saturated carbocycles. The SMILES string of the molecule is CNC(=O)CN(C)CCCOc1cccc(C(N)=S)c1. The lowest BCUT2D eigenvalue weighted by atomic mass is 10.2. The van der Waals surface area contributed by atoms with Crippen LogP contribution in [0.1, 0.15) is 12.0 Å². The van der Waals surface area contributed by atoms with Crippen molar-refractivity contribution in [3.63, 3.8) is 0 Å². The average molecular weight is 295 g/mol. The van der Waals surface area contributed by atoms with Crippen molar-refractivity contribution in [3.8, 4) is 5.75 Å². The van der Waals surface area contributed by atoms with E-state index in [4.69, 9.17) is 22.7 Å². The monoisotopic (exact) mass is 295 g/mol. The maximum atomic E-state index is 11.2. The minimum absolute atomic E-state index is 0.0116. The number of carbonyl (C=O) groups excluding carboxylic acids is 1. The van der Waals surface area contributed by atoms with Crippen LogP contribution in [0.3, 0.4) is 0 Å². The van der Waals surface area contributed by atoms with E-state index in [1.54, 1.807) is 7.05 Å². The van der Waals surface area contributed by atoms with Crippen LogP contribution in [0, 0.1) is 0 Å². The summed E-state index contributed by atoms with van der Waals surface area (Å²) in [5.41, 5.74) is 6.37. The van der Waals surface area contributed by atoms with Gasteiger partial charge in [0.25, 0.3) is 0 Å². The molecular weight excluding hydrogens is 274 g/mol. The van der Waals surface area contributed by atoms with E-state index in [0.717, 1.165) is 24.3 Å². The van der Waals surface area contributed by atoms with Crippen molar-refractivity contribution < 1.29 is 9.53 Å². The van der Waals surface area contributed by atoms with E-state index >= 15 is 0 Å². The molecule has 0 fully saturated rings. The first-order valence-electron chi connectivity index (χ1n) is 6.44. The van der Waals surface area contributed by atoms with Crippen molar-refractivity contribution in [2.24, 2.45) is 5.73 Å². The zero-order chi connectivity index (χ0) is 15.0. The summed E-state index contributed by atoms with van der Waals surface area (Å²) >= 11 is 4.92. The van der Waals surface area contributed by atoms with Crippen LogP contribution in [-0.4, -0.2) is 49.6 Å². The van der Waals surface area contributed by atoms with E-state index in [9.17, 15) is 4.79 Å². The van der Waals surface area contributed by atoms with Gasteiger partial charge in [0.1, 0.15) is 10.7 Å². The minimum Gasteiger partial charge on any atom is -0.494 e. The van der Waals surface area contributed by atoms with E-state index < -0.39 is 0 Å². The van der Waals surface area contributed by atoms with Gasteiger partial charge in [-0.25, -0.2) is 0 Å². The number of hydrogen-bond acceptors (Lipinski definition) is 4. The number of carbonyl (C=O) groups is 1. The third-order valence-electron chi connectivity index (χ3n) is 2.76. The van der Waals surface area contributed by atoms with Crippen molar-refractivity contribution in [1.82, 2.24) is 10.2 Å². The number of amides is 1. The molecule has 1 rings (SSSR count). The molecule has 0 saturated heterocycles. The summed E-state index contributed by atoms with van der Waals surface area (Å²) in [7, 11) is 3.54. The molecule has 6 heteroatoms. The van der Waals surface area contributed by atoms with Gasteiger partial charge in [0.15, 0.2) is 0 Å². The molecule has 0 unspecified atom stereocenters. The number of thiocarbonyl (C=S) groups is 1. The third kappa shape index (κ3) is 5.99. The number of hydrogen-bond donors (Lipinski definition) is 2.